The average Bonchev–Trinajstić information content (AvgIpc) is 3.14. The number of aryl methyl sites for hydroxylation is 3. The lowest BCUT2D eigenvalue weighted by molar-refractivity contribution is -0.113. The van der Waals surface area contributed by atoms with Gasteiger partial charge in [-0.15, -0.1) is 0 Å². The molecule has 0 radical (unpaired) electrons. The fourth-order valence-corrected chi connectivity index (χ4v) is 4.55. The van der Waals surface area contributed by atoms with Crippen molar-refractivity contribution >= 4 is 46.0 Å². The van der Waals surface area contributed by atoms with Gasteiger partial charge in [-0.1, -0.05) is 47.6 Å². The molecule has 0 fully saturated rings. The summed E-state index contributed by atoms with van der Waals surface area (Å²) in [4.78, 5) is 30.8. The maximum Gasteiger partial charge on any atom is 0.280 e. The molecule has 0 saturated heterocycles. The Hall–Kier alpha value is -3.17. The van der Waals surface area contributed by atoms with Crippen LogP contribution in [0.3, 0.4) is 0 Å². The number of carbonyl (C=O) groups excluding carboxylic acids is 1. The molecule has 0 aliphatic heterocycles. The maximum atomic E-state index is 13.8. The number of hydrogen-bond acceptors (Lipinski definition) is 5. The summed E-state index contributed by atoms with van der Waals surface area (Å²) in [6.07, 6.45) is 0. The lowest BCUT2D eigenvalue weighted by atomic mass is 10.2. The Balaban J connectivity index is 1.68. The van der Waals surface area contributed by atoms with E-state index in [1.165, 1.54) is 10.6 Å². The molecule has 0 unspecified atom stereocenters. The van der Waals surface area contributed by atoms with Crippen molar-refractivity contribution in [3.63, 3.8) is 0 Å². The summed E-state index contributed by atoms with van der Waals surface area (Å²) < 4.78 is 17.0. The minimum absolute atomic E-state index is 0.0169. The van der Waals surface area contributed by atoms with Crippen LogP contribution >= 0.6 is 23.4 Å². The van der Waals surface area contributed by atoms with E-state index < -0.39 is 5.82 Å². The molecule has 0 bridgehead atoms. The number of carbonyl (C=O) groups is 1. The maximum absolute atomic E-state index is 13.8. The molecule has 0 aliphatic carbocycles. The third-order valence-electron chi connectivity index (χ3n) is 5.36. The van der Waals surface area contributed by atoms with Gasteiger partial charge in [0.25, 0.3) is 5.56 Å². The molecule has 1 N–H and O–H groups in total. The van der Waals surface area contributed by atoms with E-state index in [0.717, 1.165) is 17.3 Å². The lowest BCUT2D eigenvalue weighted by Gasteiger charge is -2.14. The van der Waals surface area contributed by atoms with Gasteiger partial charge in [-0.05, 0) is 50.1 Å². The van der Waals surface area contributed by atoms with Crippen LogP contribution in [0.5, 0.6) is 0 Å². The molecule has 1 amide bonds. The Labute approximate surface area is 205 Å². The Morgan fingerprint density at radius 1 is 1.21 bits per heavy atom. The van der Waals surface area contributed by atoms with Gasteiger partial charge in [0.05, 0.1) is 18.0 Å². The van der Waals surface area contributed by atoms with Crippen molar-refractivity contribution in [3.8, 4) is 0 Å². The van der Waals surface area contributed by atoms with E-state index in [0.29, 0.717) is 44.7 Å². The van der Waals surface area contributed by atoms with Gasteiger partial charge in [-0.25, -0.2) is 9.37 Å². The molecule has 0 aliphatic rings. The highest BCUT2D eigenvalue weighted by Crippen LogP contribution is 2.23. The number of anilines is 1. The van der Waals surface area contributed by atoms with Crippen LogP contribution < -0.4 is 10.9 Å². The molecular formula is C24H23ClFN5O2S. The third kappa shape index (κ3) is 4.85. The van der Waals surface area contributed by atoms with E-state index in [9.17, 15) is 14.0 Å². The van der Waals surface area contributed by atoms with Crippen molar-refractivity contribution in [2.75, 3.05) is 11.1 Å². The van der Waals surface area contributed by atoms with E-state index in [1.54, 1.807) is 36.7 Å². The van der Waals surface area contributed by atoms with Crippen molar-refractivity contribution < 1.29 is 9.18 Å². The first kappa shape index (κ1) is 24.0. The van der Waals surface area contributed by atoms with Crippen molar-refractivity contribution in [3.05, 3.63) is 80.5 Å². The second-order valence-corrected chi connectivity index (χ2v) is 9.13. The monoisotopic (exact) mass is 499 g/mol. The number of halogens is 2. The number of benzene rings is 2. The molecule has 0 saturated carbocycles. The van der Waals surface area contributed by atoms with Gasteiger partial charge >= 0.3 is 0 Å². The molecule has 4 rings (SSSR count). The second kappa shape index (κ2) is 9.99. The first-order valence-corrected chi connectivity index (χ1v) is 12.0. The number of amides is 1. The Morgan fingerprint density at radius 3 is 2.68 bits per heavy atom. The highest BCUT2D eigenvalue weighted by molar-refractivity contribution is 7.99. The van der Waals surface area contributed by atoms with Gasteiger partial charge in [-0.2, -0.15) is 5.10 Å². The summed E-state index contributed by atoms with van der Waals surface area (Å²) in [7, 11) is 0. The Morgan fingerprint density at radius 2 is 1.97 bits per heavy atom. The normalized spacial score (nSPS) is 11.2. The van der Waals surface area contributed by atoms with E-state index >= 15 is 0 Å². The van der Waals surface area contributed by atoms with E-state index in [4.69, 9.17) is 16.6 Å². The largest absolute Gasteiger partial charge is 0.325 e. The highest BCUT2D eigenvalue weighted by atomic mass is 35.5. The van der Waals surface area contributed by atoms with Crippen molar-refractivity contribution in [1.82, 2.24) is 19.3 Å². The number of rotatable bonds is 7. The van der Waals surface area contributed by atoms with Crippen molar-refractivity contribution in [2.24, 2.45) is 0 Å². The number of hydrogen-bond donors (Lipinski definition) is 1. The fraction of sp³-hybridized carbons (Fsp3) is 0.250. The number of nitrogens with zero attached hydrogens (tertiary/aromatic N) is 4. The molecule has 34 heavy (non-hydrogen) atoms. The predicted molar refractivity (Wildman–Crippen MR) is 133 cm³/mol. The first-order valence-electron chi connectivity index (χ1n) is 10.7. The summed E-state index contributed by atoms with van der Waals surface area (Å²) in [6, 6.07) is 11.8. The van der Waals surface area contributed by atoms with Crippen LogP contribution in [-0.4, -0.2) is 31.0 Å². The van der Waals surface area contributed by atoms with E-state index in [2.05, 4.69) is 10.4 Å². The summed E-state index contributed by atoms with van der Waals surface area (Å²) in [6.45, 7) is 6.08. The SMILES string of the molecule is CCn1nc(C)c2nc(SCC(=O)Nc3ccc(C)c(F)c3)n(Cc3ccccc3Cl)c(=O)c21. The van der Waals surface area contributed by atoms with Gasteiger partial charge in [0.15, 0.2) is 10.7 Å². The predicted octanol–water partition coefficient (Wildman–Crippen LogP) is 4.80. The van der Waals surface area contributed by atoms with Crippen LogP contribution in [0.15, 0.2) is 52.4 Å². The zero-order valence-electron chi connectivity index (χ0n) is 18.9. The number of aromatic nitrogens is 4. The van der Waals surface area contributed by atoms with Crippen LogP contribution in [0.4, 0.5) is 10.1 Å². The molecule has 0 atom stereocenters. The zero-order chi connectivity index (χ0) is 24.4. The van der Waals surface area contributed by atoms with Crippen molar-refractivity contribution in [1.29, 1.82) is 0 Å². The average molecular weight is 500 g/mol. The molecule has 4 aromatic rings. The van der Waals surface area contributed by atoms with E-state index in [1.807, 2.05) is 25.1 Å². The third-order valence-corrected chi connectivity index (χ3v) is 6.70. The quantitative estimate of drug-likeness (QED) is 0.292. The van der Waals surface area contributed by atoms with Gasteiger partial charge in [-0.3, -0.25) is 18.8 Å². The lowest BCUT2D eigenvalue weighted by Crippen LogP contribution is -2.26. The number of fused-ring (bicyclic) bond motifs is 1. The molecule has 176 valence electrons. The molecule has 2 aromatic heterocycles. The molecule has 2 aromatic carbocycles. The summed E-state index contributed by atoms with van der Waals surface area (Å²) >= 11 is 7.47. The summed E-state index contributed by atoms with van der Waals surface area (Å²) in [5, 5.41) is 8.02. The number of thioether (sulfide) groups is 1. The smallest absolute Gasteiger partial charge is 0.280 e. The molecule has 2 heterocycles. The topological polar surface area (TPSA) is 81.8 Å². The number of nitrogens with one attached hydrogen (secondary N) is 1. The van der Waals surface area contributed by atoms with Crippen LogP contribution in [0.25, 0.3) is 11.0 Å². The van der Waals surface area contributed by atoms with Gasteiger partial charge in [0.2, 0.25) is 5.91 Å². The second-order valence-electron chi connectivity index (χ2n) is 7.78. The van der Waals surface area contributed by atoms with Crippen LogP contribution in [0, 0.1) is 19.7 Å². The standard InChI is InChI=1S/C24H23ClFN5O2S/c1-4-31-22-21(15(3)29-31)28-24(30(23(22)33)12-16-7-5-6-8-18(16)25)34-13-20(32)27-17-10-9-14(2)19(26)11-17/h5-11H,4,12-13H2,1-3H3,(H,27,32). The van der Waals surface area contributed by atoms with E-state index in [-0.39, 0.29) is 23.8 Å². The van der Waals surface area contributed by atoms with Crippen LogP contribution in [0.1, 0.15) is 23.7 Å². The Bertz CT molecular complexity index is 1450. The molecule has 0 spiro atoms. The molecule has 10 heteroatoms. The fourth-order valence-electron chi connectivity index (χ4n) is 3.56. The van der Waals surface area contributed by atoms with Gasteiger partial charge in [0.1, 0.15) is 11.3 Å². The van der Waals surface area contributed by atoms with Crippen LogP contribution in [-0.2, 0) is 17.9 Å². The zero-order valence-corrected chi connectivity index (χ0v) is 20.5. The first-order chi connectivity index (χ1) is 16.3. The van der Waals surface area contributed by atoms with Gasteiger partial charge in [0, 0.05) is 17.3 Å². The van der Waals surface area contributed by atoms with Crippen molar-refractivity contribution in [2.45, 2.75) is 39.0 Å². The summed E-state index contributed by atoms with van der Waals surface area (Å²) in [5.41, 5.74) is 2.92. The minimum Gasteiger partial charge on any atom is -0.325 e. The molecular weight excluding hydrogens is 477 g/mol. The van der Waals surface area contributed by atoms with Crippen LogP contribution in [0.2, 0.25) is 5.02 Å². The minimum atomic E-state index is -0.394. The van der Waals surface area contributed by atoms with Gasteiger partial charge < -0.3 is 5.32 Å². The highest BCUT2D eigenvalue weighted by Gasteiger charge is 2.20. The molecule has 7 nitrogen and oxygen atoms in total. The summed E-state index contributed by atoms with van der Waals surface area (Å²) in [5.74, 6) is -0.751. The Kier molecular flexibility index (Phi) is 7.04.